The number of amides is 1. The quantitative estimate of drug-likeness (QED) is 0.260. The van der Waals surface area contributed by atoms with Crippen molar-refractivity contribution in [1.82, 2.24) is 14.5 Å². The van der Waals surface area contributed by atoms with Crippen molar-refractivity contribution in [1.29, 1.82) is 0 Å². The summed E-state index contributed by atoms with van der Waals surface area (Å²) in [6.45, 7) is 14.7. The molecule has 0 unspecified atom stereocenters. The molecule has 14 heteroatoms. The van der Waals surface area contributed by atoms with E-state index in [-0.39, 0.29) is 17.3 Å². The zero-order chi connectivity index (χ0) is 27.9. The van der Waals surface area contributed by atoms with Gasteiger partial charge in [0, 0.05) is 43.6 Å². The molecule has 0 saturated carbocycles. The van der Waals surface area contributed by atoms with E-state index in [0.29, 0.717) is 37.3 Å². The number of halogens is 3. The molecule has 202 valence electrons. The SMILES string of the molecule is [C-]#[N+]c1cnn2cc(-c3ccc(N4CCN(C(=O)OC(C)(C)C)CC4)cc3)cc(OS(=O)(=O)C(F)(F)F)c12. The lowest BCUT2D eigenvalue weighted by Gasteiger charge is -2.36. The molecular weight excluding hydrogens is 527 g/mol. The Morgan fingerprint density at radius 2 is 1.68 bits per heavy atom. The lowest BCUT2D eigenvalue weighted by molar-refractivity contribution is -0.0499. The average Bonchev–Trinajstić information content (AvgIpc) is 3.26. The van der Waals surface area contributed by atoms with Gasteiger partial charge in [-0.05, 0) is 44.5 Å². The molecule has 4 rings (SSSR count). The van der Waals surface area contributed by atoms with Gasteiger partial charge in [-0.3, -0.25) is 0 Å². The van der Waals surface area contributed by atoms with E-state index in [9.17, 15) is 26.4 Å². The van der Waals surface area contributed by atoms with Crippen LogP contribution in [0.4, 0.5) is 29.3 Å². The van der Waals surface area contributed by atoms with Crippen LogP contribution in [-0.2, 0) is 14.9 Å². The second-order valence-corrected chi connectivity index (χ2v) is 11.1. The number of piperazine rings is 1. The van der Waals surface area contributed by atoms with Crippen LogP contribution in [0.2, 0.25) is 0 Å². The van der Waals surface area contributed by atoms with Crippen molar-refractivity contribution in [2.45, 2.75) is 31.9 Å². The Morgan fingerprint density at radius 3 is 2.24 bits per heavy atom. The number of carbonyl (C=O) groups excluding carboxylic acids is 1. The molecule has 3 heterocycles. The fourth-order valence-electron chi connectivity index (χ4n) is 3.88. The van der Waals surface area contributed by atoms with Crippen LogP contribution in [0, 0.1) is 6.57 Å². The Kier molecular flexibility index (Phi) is 6.92. The molecule has 1 amide bonds. The molecule has 0 bridgehead atoms. The Bertz CT molecular complexity index is 1500. The van der Waals surface area contributed by atoms with Gasteiger partial charge in [-0.1, -0.05) is 12.1 Å². The molecule has 1 aliphatic heterocycles. The van der Waals surface area contributed by atoms with Crippen molar-refractivity contribution in [2.24, 2.45) is 0 Å². The van der Waals surface area contributed by atoms with Crippen LogP contribution in [0.25, 0.3) is 21.5 Å². The molecule has 38 heavy (non-hydrogen) atoms. The topological polar surface area (TPSA) is 97.8 Å². The summed E-state index contributed by atoms with van der Waals surface area (Å²) in [5.41, 5.74) is -4.84. The summed E-state index contributed by atoms with van der Waals surface area (Å²) in [5.74, 6) is -0.661. The van der Waals surface area contributed by atoms with Gasteiger partial charge >= 0.3 is 21.7 Å². The first kappa shape index (κ1) is 27.1. The first-order valence-electron chi connectivity index (χ1n) is 11.4. The third-order valence-electron chi connectivity index (χ3n) is 5.66. The Morgan fingerprint density at radius 1 is 1.05 bits per heavy atom. The number of anilines is 1. The molecule has 0 radical (unpaired) electrons. The molecule has 1 fully saturated rings. The van der Waals surface area contributed by atoms with E-state index >= 15 is 0 Å². The van der Waals surface area contributed by atoms with E-state index in [2.05, 4.69) is 19.0 Å². The number of ether oxygens (including phenoxy) is 1. The maximum atomic E-state index is 13.0. The minimum Gasteiger partial charge on any atom is -0.444 e. The van der Waals surface area contributed by atoms with Crippen molar-refractivity contribution in [3.8, 4) is 16.9 Å². The smallest absolute Gasteiger partial charge is 0.444 e. The van der Waals surface area contributed by atoms with Crippen LogP contribution in [0.5, 0.6) is 5.75 Å². The maximum Gasteiger partial charge on any atom is 0.534 e. The molecule has 1 saturated heterocycles. The van der Waals surface area contributed by atoms with Gasteiger partial charge in [-0.2, -0.15) is 26.7 Å². The van der Waals surface area contributed by atoms with E-state index in [0.717, 1.165) is 22.5 Å². The zero-order valence-electron chi connectivity index (χ0n) is 20.7. The third kappa shape index (κ3) is 5.62. The summed E-state index contributed by atoms with van der Waals surface area (Å²) in [4.78, 5) is 19.2. The second kappa shape index (κ2) is 9.71. The Labute approximate surface area is 217 Å². The zero-order valence-corrected chi connectivity index (χ0v) is 21.5. The number of benzene rings is 1. The molecule has 10 nitrogen and oxygen atoms in total. The predicted octanol–water partition coefficient (Wildman–Crippen LogP) is 4.84. The number of aromatic nitrogens is 2. The van der Waals surface area contributed by atoms with Crippen LogP contribution in [-0.4, -0.2) is 66.3 Å². The monoisotopic (exact) mass is 551 g/mol. The highest BCUT2D eigenvalue weighted by molar-refractivity contribution is 7.88. The van der Waals surface area contributed by atoms with Crippen molar-refractivity contribution >= 4 is 33.1 Å². The maximum absolute atomic E-state index is 13.0. The van der Waals surface area contributed by atoms with Crippen LogP contribution in [0.3, 0.4) is 0 Å². The summed E-state index contributed by atoms with van der Waals surface area (Å²) >= 11 is 0. The van der Waals surface area contributed by atoms with Crippen LogP contribution in [0.15, 0.2) is 42.7 Å². The van der Waals surface area contributed by atoms with E-state index in [4.69, 9.17) is 11.3 Å². The molecular formula is C24H24F3N5O5S. The summed E-state index contributed by atoms with van der Waals surface area (Å²) < 4.78 is 73.3. The van der Waals surface area contributed by atoms with Gasteiger partial charge in [0.1, 0.15) is 11.1 Å². The number of rotatable bonds is 4. The number of pyridine rings is 1. The summed E-state index contributed by atoms with van der Waals surface area (Å²) in [6.07, 6.45) is 2.21. The minimum atomic E-state index is -5.97. The van der Waals surface area contributed by atoms with Gasteiger partial charge in [-0.25, -0.2) is 14.2 Å². The predicted molar refractivity (Wildman–Crippen MR) is 133 cm³/mol. The van der Waals surface area contributed by atoms with Gasteiger partial charge in [0.2, 0.25) is 5.69 Å². The van der Waals surface area contributed by atoms with E-state index in [1.165, 1.54) is 6.20 Å². The van der Waals surface area contributed by atoms with Gasteiger partial charge in [0.05, 0.1) is 12.8 Å². The summed E-state index contributed by atoms with van der Waals surface area (Å²) in [7, 11) is -5.97. The van der Waals surface area contributed by atoms with E-state index < -0.39 is 27.0 Å². The standard InChI is InChI=1S/C24H24F3N5O5S/c1-23(2,3)36-22(33)31-11-9-30(10-12-31)18-7-5-16(6-8-18)17-13-20(37-38(34,35)24(25,26)27)21-19(28-4)14-29-32(21)15-17/h5-8,13-15H,9-12H2,1-3H3. The first-order chi connectivity index (χ1) is 17.7. The molecule has 3 aromatic rings. The summed E-state index contributed by atoms with van der Waals surface area (Å²) in [5, 5.41) is 3.96. The largest absolute Gasteiger partial charge is 0.534 e. The number of hydrogen-bond donors (Lipinski definition) is 0. The van der Waals surface area contributed by atoms with Crippen molar-refractivity contribution < 1.29 is 35.3 Å². The van der Waals surface area contributed by atoms with Crippen molar-refractivity contribution in [3.63, 3.8) is 0 Å². The first-order valence-corrected chi connectivity index (χ1v) is 12.8. The third-order valence-corrected chi connectivity index (χ3v) is 6.62. The molecule has 1 aromatic carbocycles. The van der Waals surface area contributed by atoms with Crippen molar-refractivity contribution in [2.75, 3.05) is 31.1 Å². The van der Waals surface area contributed by atoms with Crippen LogP contribution < -0.4 is 9.08 Å². The Balaban J connectivity index is 1.57. The number of nitrogens with zero attached hydrogens (tertiary/aromatic N) is 5. The number of hydrogen-bond acceptors (Lipinski definition) is 7. The summed E-state index contributed by atoms with van der Waals surface area (Å²) in [6, 6.07) is 8.19. The lowest BCUT2D eigenvalue weighted by atomic mass is 10.1. The normalized spacial score (nSPS) is 14.9. The molecule has 0 N–H and O–H groups in total. The minimum absolute atomic E-state index is 0.162. The van der Waals surface area contributed by atoms with E-state index in [1.807, 2.05) is 12.1 Å². The van der Waals surface area contributed by atoms with Gasteiger partial charge in [0.15, 0.2) is 5.75 Å². The van der Waals surface area contributed by atoms with E-state index in [1.54, 1.807) is 37.8 Å². The van der Waals surface area contributed by atoms with Crippen LogP contribution in [0.1, 0.15) is 20.8 Å². The molecule has 0 spiro atoms. The molecule has 0 atom stereocenters. The highest BCUT2D eigenvalue weighted by Crippen LogP contribution is 2.37. The fraction of sp³-hybridized carbons (Fsp3) is 0.375. The van der Waals surface area contributed by atoms with Gasteiger partial charge in [-0.15, -0.1) is 0 Å². The van der Waals surface area contributed by atoms with Crippen molar-refractivity contribution in [3.05, 3.63) is 54.1 Å². The Hall–Kier alpha value is -3.99. The number of carbonyl (C=O) groups is 1. The number of alkyl halides is 3. The molecule has 0 aliphatic carbocycles. The highest BCUT2D eigenvalue weighted by atomic mass is 32.2. The van der Waals surface area contributed by atoms with Crippen LogP contribution >= 0.6 is 0 Å². The molecule has 1 aliphatic rings. The number of fused-ring (bicyclic) bond motifs is 1. The average molecular weight is 552 g/mol. The fourth-order valence-corrected chi connectivity index (χ4v) is 4.33. The lowest BCUT2D eigenvalue weighted by Crippen LogP contribution is -2.50. The highest BCUT2D eigenvalue weighted by Gasteiger charge is 2.49. The second-order valence-electron chi connectivity index (χ2n) is 9.51. The van der Waals surface area contributed by atoms with Gasteiger partial charge < -0.3 is 18.7 Å². The van der Waals surface area contributed by atoms with Gasteiger partial charge in [0.25, 0.3) is 0 Å². The molecule has 2 aromatic heterocycles.